The smallest absolute Gasteiger partial charge is 0.328 e. The second-order valence-electron chi connectivity index (χ2n) is 7.73. The third-order valence-corrected chi connectivity index (χ3v) is 5.99. The van der Waals surface area contributed by atoms with E-state index in [0.717, 1.165) is 5.69 Å². The van der Waals surface area contributed by atoms with E-state index in [9.17, 15) is 19.2 Å². The highest BCUT2D eigenvalue weighted by molar-refractivity contribution is 9.10. The Kier molecular flexibility index (Phi) is 12.2. The number of hydrogen-bond acceptors (Lipinski definition) is 11. The Hall–Kier alpha value is -3.26. The van der Waals surface area contributed by atoms with Gasteiger partial charge in [-0.3, -0.25) is 19.4 Å². The number of nitrogens with one attached hydrogen (secondary N) is 4. The zero-order chi connectivity index (χ0) is 27.4. The zero-order valence-electron chi connectivity index (χ0n) is 20.5. The van der Waals surface area contributed by atoms with Crippen molar-refractivity contribution in [1.29, 1.82) is 0 Å². The summed E-state index contributed by atoms with van der Waals surface area (Å²) in [4.78, 5) is 54.7. The zero-order valence-corrected chi connectivity index (χ0v) is 23.0. The van der Waals surface area contributed by atoms with Gasteiger partial charge in [0.05, 0.1) is 13.2 Å². The molecule has 0 aliphatic heterocycles. The maximum Gasteiger partial charge on any atom is 0.328 e. The van der Waals surface area contributed by atoms with Gasteiger partial charge in [0.25, 0.3) is 11.5 Å². The molecule has 202 valence electrons. The average molecular weight is 600 g/mol. The first-order valence-electron chi connectivity index (χ1n) is 11.6. The molecule has 0 aliphatic rings. The lowest BCUT2D eigenvalue weighted by Gasteiger charge is -2.17. The molecular weight excluding hydrogens is 568 g/mol. The number of H-pyrrole nitrogens is 1. The van der Waals surface area contributed by atoms with Gasteiger partial charge < -0.3 is 31.2 Å². The standard InChI is InChI=1S/C23H31BrN6O6S/c1-3-35-17(31)10-9-16(22(34)36-4-2)28-20(32)13-5-7-14(8-6-13)26-11-15(37)12-27-19-18(24)21(33)30-23(25)29-19/h5-8,15-16,26,37H,3-4,9-12H2,1-2H3,(H,28,32)(H4,25,27,29,30,33)/t15?,16-/m0/s1. The van der Waals surface area contributed by atoms with Crippen molar-refractivity contribution in [2.45, 2.75) is 38.0 Å². The minimum absolute atomic E-state index is 0.00115. The van der Waals surface area contributed by atoms with Crippen LogP contribution in [0.1, 0.15) is 37.0 Å². The lowest BCUT2D eigenvalue weighted by Crippen LogP contribution is -2.42. The van der Waals surface area contributed by atoms with Gasteiger partial charge in [0.2, 0.25) is 5.95 Å². The number of carbonyl (C=O) groups excluding carboxylic acids is 3. The fourth-order valence-corrected chi connectivity index (χ4v) is 3.59. The van der Waals surface area contributed by atoms with Gasteiger partial charge in [-0.25, -0.2) is 4.79 Å². The molecule has 6 N–H and O–H groups in total. The molecule has 0 bridgehead atoms. The molecule has 1 heterocycles. The summed E-state index contributed by atoms with van der Waals surface area (Å²) in [6.07, 6.45) is 0.0395. The molecule has 0 saturated heterocycles. The number of nitrogen functional groups attached to an aromatic ring is 1. The number of anilines is 3. The Balaban J connectivity index is 1.89. The van der Waals surface area contributed by atoms with Crippen molar-refractivity contribution in [3.05, 3.63) is 44.7 Å². The van der Waals surface area contributed by atoms with E-state index in [2.05, 4.69) is 54.5 Å². The third kappa shape index (κ3) is 9.96. The Labute approximate surface area is 228 Å². The minimum Gasteiger partial charge on any atom is -0.466 e. The van der Waals surface area contributed by atoms with Crippen molar-refractivity contribution in [3.63, 3.8) is 0 Å². The van der Waals surface area contributed by atoms with Crippen molar-refractivity contribution in [2.75, 3.05) is 42.7 Å². The number of halogens is 1. The fourth-order valence-electron chi connectivity index (χ4n) is 3.08. The fraction of sp³-hybridized carbons (Fsp3) is 0.435. The molecule has 37 heavy (non-hydrogen) atoms. The van der Waals surface area contributed by atoms with Crippen LogP contribution in [-0.4, -0.2) is 65.4 Å². The number of esters is 2. The summed E-state index contributed by atoms with van der Waals surface area (Å²) in [7, 11) is 0. The highest BCUT2D eigenvalue weighted by atomic mass is 79.9. The molecule has 0 spiro atoms. The van der Waals surface area contributed by atoms with Gasteiger partial charge in [-0.15, -0.1) is 0 Å². The number of amides is 1. The molecule has 12 nitrogen and oxygen atoms in total. The van der Waals surface area contributed by atoms with Crippen LogP contribution in [0.5, 0.6) is 0 Å². The molecular formula is C23H31BrN6O6S. The number of nitrogens with two attached hydrogens (primary N) is 1. The van der Waals surface area contributed by atoms with Gasteiger partial charge in [0.15, 0.2) is 0 Å². The van der Waals surface area contributed by atoms with Crippen LogP contribution in [0.25, 0.3) is 0 Å². The van der Waals surface area contributed by atoms with Crippen LogP contribution in [0.15, 0.2) is 33.5 Å². The Morgan fingerprint density at radius 3 is 2.41 bits per heavy atom. The first kappa shape index (κ1) is 30.0. The van der Waals surface area contributed by atoms with E-state index in [1.807, 2.05) is 0 Å². The number of benzene rings is 1. The lowest BCUT2D eigenvalue weighted by molar-refractivity contribution is -0.146. The highest BCUT2D eigenvalue weighted by Crippen LogP contribution is 2.16. The normalized spacial score (nSPS) is 12.2. The van der Waals surface area contributed by atoms with E-state index < -0.39 is 23.9 Å². The molecule has 1 amide bonds. The summed E-state index contributed by atoms with van der Waals surface area (Å²) in [6.45, 7) is 4.60. The molecule has 1 aromatic carbocycles. The van der Waals surface area contributed by atoms with Crippen LogP contribution in [-0.2, 0) is 19.1 Å². The van der Waals surface area contributed by atoms with Crippen molar-refractivity contribution in [3.8, 4) is 0 Å². The van der Waals surface area contributed by atoms with Gasteiger partial charge in [0, 0.05) is 36.0 Å². The SMILES string of the molecule is CCOC(=O)CC[C@H](NC(=O)c1ccc(NCC(S)CNc2nc(N)[nH]c(=O)c2Br)cc1)C(=O)OCC. The Bertz CT molecular complexity index is 1130. The lowest BCUT2D eigenvalue weighted by atomic mass is 10.1. The highest BCUT2D eigenvalue weighted by Gasteiger charge is 2.24. The number of carbonyl (C=O) groups is 3. The van der Waals surface area contributed by atoms with E-state index in [-0.39, 0.29) is 47.3 Å². The molecule has 1 aromatic heterocycles. The van der Waals surface area contributed by atoms with Crippen molar-refractivity contribution in [1.82, 2.24) is 15.3 Å². The van der Waals surface area contributed by atoms with Crippen molar-refractivity contribution >= 4 is 63.9 Å². The predicted molar refractivity (Wildman–Crippen MR) is 147 cm³/mol. The third-order valence-electron chi connectivity index (χ3n) is 4.89. The number of ether oxygens (including phenoxy) is 2. The summed E-state index contributed by atoms with van der Waals surface area (Å²) in [5.41, 5.74) is 6.26. The molecule has 0 aliphatic carbocycles. The van der Waals surface area contributed by atoms with Crippen LogP contribution in [0, 0.1) is 0 Å². The summed E-state index contributed by atoms with van der Waals surface area (Å²) < 4.78 is 10.1. The molecule has 2 rings (SSSR count). The van der Waals surface area contributed by atoms with E-state index in [0.29, 0.717) is 24.5 Å². The summed E-state index contributed by atoms with van der Waals surface area (Å²) in [5.74, 6) is -1.22. The van der Waals surface area contributed by atoms with Gasteiger partial charge in [-0.1, -0.05) is 0 Å². The molecule has 14 heteroatoms. The van der Waals surface area contributed by atoms with Crippen LogP contribution >= 0.6 is 28.6 Å². The van der Waals surface area contributed by atoms with E-state index >= 15 is 0 Å². The van der Waals surface area contributed by atoms with Gasteiger partial charge in [0.1, 0.15) is 16.3 Å². The summed E-state index contributed by atoms with van der Waals surface area (Å²) >= 11 is 7.69. The number of thiol groups is 1. The quantitative estimate of drug-likeness (QED) is 0.139. The van der Waals surface area contributed by atoms with Crippen LogP contribution < -0.4 is 27.2 Å². The number of aromatic nitrogens is 2. The second-order valence-corrected chi connectivity index (χ2v) is 9.25. The Morgan fingerprint density at radius 2 is 1.76 bits per heavy atom. The first-order chi connectivity index (χ1) is 17.6. The maximum atomic E-state index is 12.7. The van der Waals surface area contributed by atoms with Gasteiger partial charge in [-0.05, 0) is 60.5 Å². The summed E-state index contributed by atoms with van der Waals surface area (Å²) in [5, 5.41) is 8.70. The van der Waals surface area contributed by atoms with Gasteiger partial charge in [-0.2, -0.15) is 17.6 Å². The van der Waals surface area contributed by atoms with E-state index in [4.69, 9.17) is 15.2 Å². The average Bonchev–Trinajstić information content (AvgIpc) is 2.86. The number of aromatic amines is 1. The molecule has 0 saturated carbocycles. The first-order valence-corrected chi connectivity index (χ1v) is 12.9. The Morgan fingerprint density at radius 1 is 1.11 bits per heavy atom. The van der Waals surface area contributed by atoms with Crippen LogP contribution in [0.4, 0.5) is 17.5 Å². The minimum atomic E-state index is -0.975. The number of nitrogens with zero attached hydrogens (tertiary/aromatic N) is 1. The van der Waals surface area contributed by atoms with Crippen molar-refractivity contribution < 1.29 is 23.9 Å². The monoisotopic (exact) mass is 598 g/mol. The van der Waals surface area contributed by atoms with E-state index in [1.54, 1.807) is 38.1 Å². The molecule has 0 radical (unpaired) electrons. The van der Waals surface area contributed by atoms with Crippen LogP contribution in [0.3, 0.4) is 0 Å². The van der Waals surface area contributed by atoms with Crippen LogP contribution in [0.2, 0.25) is 0 Å². The molecule has 2 atom stereocenters. The molecule has 0 fully saturated rings. The van der Waals surface area contributed by atoms with Crippen molar-refractivity contribution in [2.24, 2.45) is 0 Å². The topological polar surface area (TPSA) is 178 Å². The van der Waals surface area contributed by atoms with Gasteiger partial charge >= 0.3 is 11.9 Å². The summed E-state index contributed by atoms with van der Waals surface area (Å²) in [6, 6.07) is 5.68. The van der Waals surface area contributed by atoms with E-state index in [1.165, 1.54) is 0 Å². The number of rotatable bonds is 14. The predicted octanol–water partition coefficient (Wildman–Crippen LogP) is 1.94. The molecule has 2 aromatic rings. The molecule has 1 unspecified atom stereocenters. The number of hydrogen-bond donors (Lipinski definition) is 6. The second kappa shape index (κ2) is 15.1. The largest absolute Gasteiger partial charge is 0.466 e. The maximum absolute atomic E-state index is 12.7.